The number of amides is 2. The molecule has 0 bridgehead atoms. The predicted octanol–water partition coefficient (Wildman–Crippen LogP) is 2.60. The lowest BCUT2D eigenvalue weighted by molar-refractivity contribution is 0.0436. The first-order valence-electron chi connectivity index (χ1n) is 8.36. The zero-order valence-corrected chi connectivity index (χ0v) is 14.3. The summed E-state index contributed by atoms with van der Waals surface area (Å²) >= 11 is 0. The fourth-order valence-electron chi connectivity index (χ4n) is 2.84. The molecule has 3 atom stereocenters. The second-order valence-electron chi connectivity index (χ2n) is 6.47. The van der Waals surface area contributed by atoms with Crippen LogP contribution >= 0.6 is 0 Å². The van der Waals surface area contributed by atoms with Gasteiger partial charge in [-0.15, -0.1) is 0 Å². The first-order valence-corrected chi connectivity index (χ1v) is 8.36. The van der Waals surface area contributed by atoms with Crippen molar-refractivity contribution in [3.63, 3.8) is 0 Å². The van der Waals surface area contributed by atoms with E-state index in [0.29, 0.717) is 19.0 Å². The van der Waals surface area contributed by atoms with Gasteiger partial charge in [-0.3, -0.25) is 0 Å². The van der Waals surface area contributed by atoms with Gasteiger partial charge in [-0.1, -0.05) is 26.0 Å². The van der Waals surface area contributed by atoms with Crippen LogP contribution in [0, 0.1) is 5.92 Å². The Morgan fingerprint density at radius 2 is 2.13 bits per heavy atom. The Labute approximate surface area is 138 Å². The van der Waals surface area contributed by atoms with Crippen LogP contribution in [0.2, 0.25) is 0 Å². The molecule has 0 saturated carbocycles. The standard InChI is InChI=1S/C18H28N2O3/c1-13(15-4-6-16(23-3)7-5-15)8-10-19-18(22)20-11-9-14(2)17(21)12-20/h4-7,13-14,17,21H,8-12H2,1-3H3,(H,19,22). The number of methoxy groups -OCH3 is 1. The van der Waals surface area contributed by atoms with Crippen molar-refractivity contribution in [1.29, 1.82) is 0 Å². The molecule has 128 valence electrons. The van der Waals surface area contributed by atoms with E-state index in [1.54, 1.807) is 12.0 Å². The molecule has 2 N–H and O–H groups in total. The summed E-state index contributed by atoms with van der Waals surface area (Å²) < 4.78 is 5.16. The molecule has 1 heterocycles. The fraction of sp³-hybridized carbons (Fsp3) is 0.611. The van der Waals surface area contributed by atoms with Crippen LogP contribution in [0.5, 0.6) is 5.75 Å². The third-order valence-corrected chi connectivity index (χ3v) is 4.74. The second-order valence-corrected chi connectivity index (χ2v) is 6.47. The van der Waals surface area contributed by atoms with E-state index in [2.05, 4.69) is 24.4 Å². The van der Waals surface area contributed by atoms with Crippen molar-refractivity contribution in [2.75, 3.05) is 26.7 Å². The molecule has 23 heavy (non-hydrogen) atoms. The van der Waals surface area contributed by atoms with Gasteiger partial charge in [0.15, 0.2) is 0 Å². The maximum Gasteiger partial charge on any atom is 0.317 e. The minimum absolute atomic E-state index is 0.0714. The minimum atomic E-state index is -0.410. The molecule has 0 radical (unpaired) electrons. The van der Waals surface area contributed by atoms with Crippen LogP contribution in [-0.2, 0) is 0 Å². The lowest BCUT2D eigenvalue weighted by Gasteiger charge is -2.34. The molecule has 5 nitrogen and oxygen atoms in total. The first-order chi connectivity index (χ1) is 11.0. The van der Waals surface area contributed by atoms with E-state index < -0.39 is 6.10 Å². The number of rotatable bonds is 5. The molecule has 1 aliphatic heterocycles. The molecule has 1 aromatic carbocycles. The van der Waals surface area contributed by atoms with Gasteiger partial charge in [0.25, 0.3) is 0 Å². The van der Waals surface area contributed by atoms with Gasteiger partial charge >= 0.3 is 6.03 Å². The van der Waals surface area contributed by atoms with E-state index in [0.717, 1.165) is 25.1 Å². The topological polar surface area (TPSA) is 61.8 Å². The summed E-state index contributed by atoms with van der Waals surface area (Å²) in [6, 6.07) is 7.97. The lowest BCUT2D eigenvalue weighted by Crippen LogP contribution is -2.49. The van der Waals surface area contributed by atoms with E-state index in [4.69, 9.17) is 4.74 Å². The summed E-state index contributed by atoms with van der Waals surface area (Å²) in [5.41, 5.74) is 1.24. The molecule has 3 unspecified atom stereocenters. The SMILES string of the molecule is COc1ccc(C(C)CCNC(=O)N2CCC(C)C(O)C2)cc1. The van der Waals surface area contributed by atoms with Gasteiger partial charge in [0.05, 0.1) is 13.2 Å². The highest BCUT2D eigenvalue weighted by Gasteiger charge is 2.27. The number of carbonyl (C=O) groups is 1. The molecule has 1 fully saturated rings. The molecule has 1 aliphatic rings. The Morgan fingerprint density at radius 3 is 2.74 bits per heavy atom. The average molecular weight is 320 g/mol. The summed E-state index contributed by atoms with van der Waals surface area (Å²) in [5, 5.41) is 12.8. The molecular weight excluding hydrogens is 292 g/mol. The largest absolute Gasteiger partial charge is 0.497 e. The molecule has 2 rings (SSSR count). The third-order valence-electron chi connectivity index (χ3n) is 4.74. The van der Waals surface area contributed by atoms with Crippen LogP contribution in [0.1, 0.15) is 38.2 Å². The Bertz CT molecular complexity index is 503. The number of nitrogens with one attached hydrogen (secondary N) is 1. The summed E-state index contributed by atoms with van der Waals surface area (Å²) in [7, 11) is 1.66. The van der Waals surface area contributed by atoms with Gasteiger partial charge in [0.1, 0.15) is 5.75 Å². The number of hydrogen-bond acceptors (Lipinski definition) is 3. The third kappa shape index (κ3) is 4.86. The minimum Gasteiger partial charge on any atom is -0.497 e. The monoisotopic (exact) mass is 320 g/mol. The lowest BCUT2D eigenvalue weighted by atomic mass is 9.96. The average Bonchev–Trinajstić information content (AvgIpc) is 2.57. The van der Waals surface area contributed by atoms with Crippen molar-refractivity contribution in [3.05, 3.63) is 29.8 Å². The van der Waals surface area contributed by atoms with Crippen molar-refractivity contribution in [2.45, 2.75) is 38.7 Å². The van der Waals surface area contributed by atoms with Gasteiger partial charge in [0.2, 0.25) is 0 Å². The van der Waals surface area contributed by atoms with Crippen LogP contribution in [-0.4, -0.2) is 48.9 Å². The van der Waals surface area contributed by atoms with E-state index in [9.17, 15) is 9.90 Å². The number of aliphatic hydroxyl groups excluding tert-OH is 1. The van der Waals surface area contributed by atoms with Crippen molar-refractivity contribution >= 4 is 6.03 Å². The molecule has 0 aromatic heterocycles. The molecule has 5 heteroatoms. The number of urea groups is 1. The number of nitrogens with zero attached hydrogens (tertiary/aromatic N) is 1. The number of benzene rings is 1. The molecule has 1 aromatic rings. The zero-order chi connectivity index (χ0) is 16.8. The van der Waals surface area contributed by atoms with Crippen LogP contribution in [0.25, 0.3) is 0 Å². The maximum atomic E-state index is 12.1. The Kier molecular flexibility index (Phi) is 6.28. The Morgan fingerprint density at radius 1 is 1.43 bits per heavy atom. The maximum absolute atomic E-state index is 12.1. The van der Waals surface area contributed by atoms with Crippen LogP contribution in [0.4, 0.5) is 4.79 Å². The van der Waals surface area contributed by atoms with Gasteiger partial charge in [-0.2, -0.15) is 0 Å². The van der Waals surface area contributed by atoms with Gasteiger partial charge in [0, 0.05) is 19.6 Å². The number of carbonyl (C=O) groups excluding carboxylic acids is 1. The highest BCUT2D eigenvalue weighted by molar-refractivity contribution is 5.74. The van der Waals surface area contributed by atoms with Crippen molar-refractivity contribution < 1.29 is 14.6 Å². The number of β-amino-alcohol motifs (C(OH)–C–C–N with tert-alkyl or cyclic N) is 1. The van der Waals surface area contributed by atoms with E-state index in [1.165, 1.54) is 5.56 Å². The summed E-state index contributed by atoms with van der Waals surface area (Å²) in [6.07, 6.45) is 1.33. The number of likely N-dealkylation sites (tertiary alicyclic amines) is 1. The highest BCUT2D eigenvalue weighted by atomic mass is 16.5. The van der Waals surface area contributed by atoms with Gasteiger partial charge in [-0.05, 0) is 42.4 Å². The van der Waals surface area contributed by atoms with Crippen molar-refractivity contribution in [2.24, 2.45) is 5.92 Å². The molecular formula is C18H28N2O3. The Balaban J connectivity index is 1.74. The van der Waals surface area contributed by atoms with Crippen LogP contribution < -0.4 is 10.1 Å². The summed E-state index contributed by atoms with van der Waals surface area (Å²) in [6.45, 7) is 5.96. The quantitative estimate of drug-likeness (QED) is 0.876. The molecule has 1 saturated heterocycles. The predicted molar refractivity (Wildman–Crippen MR) is 90.8 cm³/mol. The number of hydrogen-bond donors (Lipinski definition) is 2. The van der Waals surface area contributed by atoms with Crippen LogP contribution in [0.3, 0.4) is 0 Å². The van der Waals surface area contributed by atoms with Crippen molar-refractivity contribution in [1.82, 2.24) is 10.2 Å². The number of piperidine rings is 1. The second kappa shape index (κ2) is 8.20. The van der Waals surface area contributed by atoms with Gasteiger partial charge in [-0.25, -0.2) is 4.79 Å². The van der Waals surface area contributed by atoms with E-state index >= 15 is 0 Å². The van der Waals surface area contributed by atoms with E-state index in [1.807, 2.05) is 19.1 Å². The fourth-order valence-corrected chi connectivity index (χ4v) is 2.84. The molecule has 0 spiro atoms. The highest BCUT2D eigenvalue weighted by Crippen LogP contribution is 2.21. The number of aliphatic hydroxyl groups is 1. The zero-order valence-electron chi connectivity index (χ0n) is 14.3. The summed E-state index contributed by atoms with van der Waals surface area (Å²) in [4.78, 5) is 13.9. The Hall–Kier alpha value is -1.75. The first kappa shape index (κ1) is 17.6. The van der Waals surface area contributed by atoms with Gasteiger partial charge < -0.3 is 20.1 Å². The normalized spacial score (nSPS) is 22.5. The van der Waals surface area contributed by atoms with Crippen LogP contribution in [0.15, 0.2) is 24.3 Å². The smallest absolute Gasteiger partial charge is 0.317 e. The summed E-state index contributed by atoms with van der Waals surface area (Å²) in [5.74, 6) is 1.49. The number of ether oxygens (including phenoxy) is 1. The van der Waals surface area contributed by atoms with Crippen molar-refractivity contribution in [3.8, 4) is 5.75 Å². The van der Waals surface area contributed by atoms with E-state index in [-0.39, 0.29) is 11.9 Å². The molecule has 0 aliphatic carbocycles. The molecule has 2 amide bonds.